The number of carboxylic acids is 1. The maximum absolute atomic E-state index is 10.4. The van der Waals surface area contributed by atoms with Crippen LogP contribution in [0.15, 0.2) is 16.5 Å². The van der Waals surface area contributed by atoms with E-state index in [4.69, 9.17) is 9.52 Å². The second-order valence-electron chi connectivity index (χ2n) is 3.22. The molecule has 1 aliphatic carbocycles. The molecule has 2 rings (SSSR count). The summed E-state index contributed by atoms with van der Waals surface area (Å²) in [5, 5.41) is 8.55. The van der Waals surface area contributed by atoms with E-state index in [9.17, 15) is 4.79 Å². The average molecular weight is 166 g/mol. The third-order valence-corrected chi connectivity index (χ3v) is 2.06. The predicted octanol–water partition coefficient (Wildman–Crippen LogP) is 1.93. The number of hydrogen-bond donors (Lipinski definition) is 1. The van der Waals surface area contributed by atoms with Crippen LogP contribution in [0.25, 0.3) is 0 Å². The number of hydrogen-bond acceptors (Lipinski definition) is 2. The van der Waals surface area contributed by atoms with Crippen molar-refractivity contribution in [2.45, 2.75) is 19.3 Å². The fourth-order valence-corrected chi connectivity index (χ4v) is 1.21. The van der Waals surface area contributed by atoms with Crippen molar-refractivity contribution in [1.29, 1.82) is 0 Å². The van der Waals surface area contributed by atoms with E-state index in [1.807, 2.05) is 0 Å². The lowest BCUT2D eigenvalue weighted by atomic mass is 10.2. The molecule has 0 saturated heterocycles. The molecular formula is C9H10O3. The topological polar surface area (TPSA) is 50.4 Å². The highest BCUT2D eigenvalue weighted by molar-refractivity contribution is 5.84. The Morgan fingerprint density at radius 2 is 2.33 bits per heavy atom. The summed E-state index contributed by atoms with van der Waals surface area (Å²) in [7, 11) is 0. The largest absolute Gasteiger partial charge is 0.475 e. The first kappa shape index (κ1) is 7.40. The molecule has 1 saturated carbocycles. The fraction of sp³-hybridized carbons (Fsp3) is 0.444. The normalized spacial score (nSPS) is 16.3. The van der Waals surface area contributed by atoms with Crippen LogP contribution < -0.4 is 0 Å². The minimum absolute atomic E-state index is 0.0469. The Hall–Kier alpha value is -1.25. The number of furan rings is 1. The zero-order valence-corrected chi connectivity index (χ0v) is 6.62. The van der Waals surface area contributed by atoms with E-state index >= 15 is 0 Å². The minimum Gasteiger partial charge on any atom is -0.475 e. The molecule has 0 bridgehead atoms. The lowest BCUT2D eigenvalue weighted by molar-refractivity contribution is 0.0660. The van der Waals surface area contributed by atoms with Gasteiger partial charge in [0.2, 0.25) is 5.76 Å². The van der Waals surface area contributed by atoms with Crippen molar-refractivity contribution in [2.24, 2.45) is 5.92 Å². The molecule has 3 heteroatoms. The van der Waals surface area contributed by atoms with Gasteiger partial charge in [-0.2, -0.15) is 0 Å². The Labute approximate surface area is 70.0 Å². The van der Waals surface area contributed by atoms with Gasteiger partial charge in [0.15, 0.2) is 0 Å². The van der Waals surface area contributed by atoms with Crippen LogP contribution in [-0.2, 0) is 6.42 Å². The SMILES string of the molecule is O=C(O)c1ccc(CC2CC2)o1. The monoisotopic (exact) mass is 166 g/mol. The Kier molecular flexibility index (Phi) is 1.64. The summed E-state index contributed by atoms with van der Waals surface area (Å²) in [6.45, 7) is 0. The number of aromatic carboxylic acids is 1. The molecule has 1 aromatic heterocycles. The van der Waals surface area contributed by atoms with Crippen LogP contribution >= 0.6 is 0 Å². The Morgan fingerprint density at radius 1 is 1.58 bits per heavy atom. The molecule has 1 aliphatic rings. The molecule has 0 radical (unpaired) electrons. The van der Waals surface area contributed by atoms with Gasteiger partial charge in [0, 0.05) is 6.42 Å². The average Bonchev–Trinajstić information content (AvgIpc) is 2.66. The van der Waals surface area contributed by atoms with Crippen LogP contribution in [0.3, 0.4) is 0 Å². The molecule has 3 nitrogen and oxygen atoms in total. The van der Waals surface area contributed by atoms with Gasteiger partial charge in [-0.05, 0) is 30.9 Å². The lowest BCUT2D eigenvalue weighted by Gasteiger charge is -1.90. The molecule has 0 amide bonds. The molecule has 1 N–H and O–H groups in total. The lowest BCUT2D eigenvalue weighted by Crippen LogP contribution is -1.92. The maximum Gasteiger partial charge on any atom is 0.371 e. The summed E-state index contributed by atoms with van der Waals surface area (Å²) in [5.74, 6) is 0.593. The van der Waals surface area contributed by atoms with Crippen LogP contribution in [-0.4, -0.2) is 11.1 Å². The minimum atomic E-state index is -0.989. The fourth-order valence-electron chi connectivity index (χ4n) is 1.21. The van der Waals surface area contributed by atoms with Crippen molar-refractivity contribution in [2.75, 3.05) is 0 Å². The van der Waals surface area contributed by atoms with Crippen molar-refractivity contribution >= 4 is 5.97 Å². The zero-order valence-electron chi connectivity index (χ0n) is 6.62. The van der Waals surface area contributed by atoms with Gasteiger partial charge in [-0.3, -0.25) is 0 Å². The summed E-state index contributed by atoms with van der Waals surface area (Å²) < 4.78 is 5.10. The van der Waals surface area contributed by atoms with Gasteiger partial charge in [-0.1, -0.05) is 0 Å². The van der Waals surface area contributed by atoms with Gasteiger partial charge < -0.3 is 9.52 Å². The van der Waals surface area contributed by atoms with E-state index in [1.165, 1.54) is 18.9 Å². The molecular weight excluding hydrogens is 156 g/mol. The second kappa shape index (κ2) is 2.66. The van der Waals surface area contributed by atoms with Crippen molar-refractivity contribution < 1.29 is 14.3 Å². The Balaban J connectivity index is 2.06. The van der Waals surface area contributed by atoms with Crippen molar-refractivity contribution in [1.82, 2.24) is 0 Å². The molecule has 12 heavy (non-hydrogen) atoms. The molecule has 0 aromatic carbocycles. The Bertz CT molecular complexity index is 296. The highest BCUT2D eigenvalue weighted by Crippen LogP contribution is 2.32. The molecule has 1 fully saturated rings. The van der Waals surface area contributed by atoms with Crippen molar-refractivity contribution in [3.05, 3.63) is 23.7 Å². The van der Waals surface area contributed by atoms with E-state index in [0.29, 0.717) is 0 Å². The first-order valence-electron chi connectivity index (χ1n) is 4.07. The van der Waals surface area contributed by atoms with Gasteiger partial charge >= 0.3 is 5.97 Å². The third kappa shape index (κ3) is 1.49. The smallest absolute Gasteiger partial charge is 0.371 e. The van der Waals surface area contributed by atoms with Gasteiger partial charge in [0.25, 0.3) is 0 Å². The van der Waals surface area contributed by atoms with E-state index < -0.39 is 5.97 Å². The molecule has 1 heterocycles. The summed E-state index contributed by atoms with van der Waals surface area (Å²) in [6.07, 6.45) is 3.40. The van der Waals surface area contributed by atoms with Crippen molar-refractivity contribution in [3.8, 4) is 0 Å². The molecule has 0 aliphatic heterocycles. The van der Waals surface area contributed by atoms with Crippen LogP contribution in [0.1, 0.15) is 29.2 Å². The van der Waals surface area contributed by atoms with Gasteiger partial charge in [0.1, 0.15) is 5.76 Å². The Morgan fingerprint density at radius 3 is 2.83 bits per heavy atom. The highest BCUT2D eigenvalue weighted by Gasteiger charge is 2.23. The first-order valence-corrected chi connectivity index (χ1v) is 4.07. The van der Waals surface area contributed by atoms with Gasteiger partial charge in [0.05, 0.1) is 0 Å². The van der Waals surface area contributed by atoms with Crippen LogP contribution in [0.5, 0.6) is 0 Å². The van der Waals surface area contributed by atoms with Gasteiger partial charge in [-0.15, -0.1) is 0 Å². The molecule has 1 aromatic rings. The zero-order chi connectivity index (χ0) is 8.55. The van der Waals surface area contributed by atoms with Crippen LogP contribution in [0, 0.1) is 5.92 Å². The molecule has 64 valence electrons. The summed E-state index contributed by atoms with van der Waals surface area (Å²) in [4.78, 5) is 10.4. The van der Waals surface area contributed by atoms with Crippen LogP contribution in [0.2, 0.25) is 0 Å². The second-order valence-corrected chi connectivity index (χ2v) is 3.22. The van der Waals surface area contributed by atoms with E-state index in [2.05, 4.69) is 0 Å². The maximum atomic E-state index is 10.4. The van der Waals surface area contributed by atoms with E-state index in [1.54, 1.807) is 6.07 Å². The quantitative estimate of drug-likeness (QED) is 0.746. The summed E-state index contributed by atoms with van der Waals surface area (Å²) in [6, 6.07) is 3.27. The van der Waals surface area contributed by atoms with E-state index in [-0.39, 0.29) is 5.76 Å². The predicted molar refractivity (Wildman–Crippen MR) is 42.1 cm³/mol. The number of carbonyl (C=O) groups is 1. The van der Waals surface area contributed by atoms with Crippen molar-refractivity contribution in [3.63, 3.8) is 0 Å². The molecule has 0 atom stereocenters. The highest BCUT2D eigenvalue weighted by atomic mass is 16.4. The number of rotatable bonds is 3. The summed E-state index contributed by atoms with van der Waals surface area (Å²) >= 11 is 0. The summed E-state index contributed by atoms with van der Waals surface area (Å²) in [5.41, 5.74) is 0. The first-order chi connectivity index (χ1) is 5.75. The van der Waals surface area contributed by atoms with E-state index in [0.717, 1.165) is 18.1 Å². The third-order valence-electron chi connectivity index (χ3n) is 2.06. The number of carboxylic acid groups (broad SMARTS) is 1. The van der Waals surface area contributed by atoms with Gasteiger partial charge in [-0.25, -0.2) is 4.79 Å². The molecule has 0 spiro atoms. The molecule has 0 unspecified atom stereocenters. The van der Waals surface area contributed by atoms with Crippen LogP contribution in [0.4, 0.5) is 0 Å². The standard InChI is InChI=1S/C9H10O3/c10-9(11)8-4-3-7(12-8)5-6-1-2-6/h3-4,6H,1-2,5H2,(H,10,11).